The van der Waals surface area contributed by atoms with Crippen LogP contribution in [0.15, 0.2) is 36.4 Å². The summed E-state index contributed by atoms with van der Waals surface area (Å²) >= 11 is 12.2. The first-order valence-corrected chi connectivity index (χ1v) is 7.87. The van der Waals surface area contributed by atoms with Crippen molar-refractivity contribution in [1.29, 1.82) is 0 Å². The maximum atomic E-state index is 12.1. The predicted octanol–water partition coefficient (Wildman–Crippen LogP) is 4.97. The van der Waals surface area contributed by atoms with Gasteiger partial charge in [0, 0.05) is 16.8 Å². The van der Waals surface area contributed by atoms with Crippen molar-refractivity contribution in [3.63, 3.8) is 0 Å². The van der Waals surface area contributed by atoms with Crippen LogP contribution in [0.25, 0.3) is 6.08 Å². The van der Waals surface area contributed by atoms with E-state index < -0.39 is 0 Å². The van der Waals surface area contributed by atoms with E-state index in [4.69, 9.17) is 32.7 Å². The number of benzene rings is 2. The summed E-state index contributed by atoms with van der Waals surface area (Å²) in [6.07, 6.45) is 3.06. The molecule has 0 saturated heterocycles. The smallest absolute Gasteiger partial charge is 0.248 e. The van der Waals surface area contributed by atoms with E-state index in [1.54, 1.807) is 36.4 Å². The number of amides is 1. The van der Waals surface area contributed by atoms with Crippen molar-refractivity contribution in [2.45, 2.75) is 6.92 Å². The number of rotatable bonds is 5. The third-order valence-corrected chi connectivity index (χ3v) is 4.10. The van der Waals surface area contributed by atoms with Gasteiger partial charge < -0.3 is 14.8 Å². The molecule has 0 heterocycles. The molecule has 0 bridgehead atoms. The summed E-state index contributed by atoms with van der Waals surface area (Å²) in [6.45, 7) is 1.84. The van der Waals surface area contributed by atoms with Crippen molar-refractivity contribution in [2.24, 2.45) is 0 Å². The lowest BCUT2D eigenvalue weighted by Gasteiger charge is -2.10. The van der Waals surface area contributed by atoms with E-state index in [-0.39, 0.29) is 5.91 Å². The molecule has 1 amide bonds. The Morgan fingerprint density at radius 1 is 1.12 bits per heavy atom. The van der Waals surface area contributed by atoms with Gasteiger partial charge in [-0.1, -0.05) is 29.3 Å². The van der Waals surface area contributed by atoms with Gasteiger partial charge in [0.05, 0.1) is 19.2 Å². The summed E-state index contributed by atoms with van der Waals surface area (Å²) in [5, 5.41) is 3.79. The maximum Gasteiger partial charge on any atom is 0.248 e. The lowest BCUT2D eigenvalue weighted by atomic mass is 10.1. The van der Waals surface area contributed by atoms with Gasteiger partial charge in [0.2, 0.25) is 5.91 Å². The Balaban J connectivity index is 2.17. The van der Waals surface area contributed by atoms with Crippen molar-refractivity contribution in [2.75, 3.05) is 19.5 Å². The zero-order chi connectivity index (χ0) is 17.7. The normalized spacial score (nSPS) is 10.7. The molecule has 24 heavy (non-hydrogen) atoms. The van der Waals surface area contributed by atoms with Crippen molar-refractivity contribution in [3.05, 3.63) is 57.6 Å². The SMILES string of the molecule is COc1cc(/C=C/C(=O)Nc2cccc(Cl)c2C)cc(Cl)c1OC. The van der Waals surface area contributed by atoms with E-state index in [0.717, 1.165) is 11.1 Å². The van der Waals surface area contributed by atoms with E-state index in [1.807, 2.05) is 6.92 Å². The quantitative estimate of drug-likeness (QED) is 0.760. The third kappa shape index (κ3) is 4.22. The number of halogens is 2. The summed E-state index contributed by atoms with van der Waals surface area (Å²) in [6, 6.07) is 8.77. The van der Waals surface area contributed by atoms with Gasteiger partial charge in [-0.3, -0.25) is 4.79 Å². The molecule has 2 aromatic rings. The van der Waals surface area contributed by atoms with Crippen LogP contribution in [0.3, 0.4) is 0 Å². The second-order valence-corrected chi connectivity index (χ2v) is 5.79. The monoisotopic (exact) mass is 365 g/mol. The average Bonchev–Trinajstić information content (AvgIpc) is 2.56. The number of nitrogens with one attached hydrogen (secondary N) is 1. The number of carbonyl (C=O) groups is 1. The van der Waals surface area contributed by atoms with Crippen LogP contribution in [-0.2, 0) is 4.79 Å². The second-order valence-electron chi connectivity index (χ2n) is 4.97. The summed E-state index contributed by atoms with van der Waals surface area (Å²) in [4.78, 5) is 12.1. The maximum absolute atomic E-state index is 12.1. The van der Waals surface area contributed by atoms with Crippen LogP contribution in [0.2, 0.25) is 10.0 Å². The Kier molecular flexibility index (Phi) is 6.12. The van der Waals surface area contributed by atoms with Crippen molar-refractivity contribution in [1.82, 2.24) is 0 Å². The molecule has 1 N–H and O–H groups in total. The fourth-order valence-electron chi connectivity index (χ4n) is 2.12. The van der Waals surface area contributed by atoms with Gasteiger partial charge in [-0.25, -0.2) is 0 Å². The Hall–Kier alpha value is -2.17. The van der Waals surface area contributed by atoms with Gasteiger partial charge in [-0.2, -0.15) is 0 Å². The Morgan fingerprint density at radius 3 is 2.54 bits per heavy atom. The molecule has 6 heteroatoms. The van der Waals surface area contributed by atoms with E-state index in [0.29, 0.717) is 27.2 Å². The highest BCUT2D eigenvalue weighted by Crippen LogP contribution is 2.36. The topological polar surface area (TPSA) is 47.6 Å². The summed E-state index contributed by atoms with van der Waals surface area (Å²) in [5.41, 5.74) is 2.20. The largest absolute Gasteiger partial charge is 0.493 e. The lowest BCUT2D eigenvalue weighted by Crippen LogP contribution is -2.09. The Labute approximate surface area is 151 Å². The highest BCUT2D eigenvalue weighted by molar-refractivity contribution is 6.32. The van der Waals surface area contributed by atoms with E-state index in [9.17, 15) is 4.79 Å². The highest BCUT2D eigenvalue weighted by atomic mass is 35.5. The molecule has 126 valence electrons. The van der Waals surface area contributed by atoms with Crippen LogP contribution in [0.1, 0.15) is 11.1 Å². The predicted molar refractivity (Wildman–Crippen MR) is 98.4 cm³/mol. The van der Waals surface area contributed by atoms with Gasteiger partial charge >= 0.3 is 0 Å². The minimum absolute atomic E-state index is 0.272. The van der Waals surface area contributed by atoms with Crippen LogP contribution in [0.4, 0.5) is 5.69 Å². The van der Waals surface area contributed by atoms with Crippen LogP contribution in [-0.4, -0.2) is 20.1 Å². The van der Waals surface area contributed by atoms with Gasteiger partial charge in [-0.05, 0) is 48.4 Å². The molecule has 0 radical (unpaired) electrons. The molecule has 0 aromatic heterocycles. The molecule has 0 fully saturated rings. The lowest BCUT2D eigenvalue weighted by molar-refractivity contribution is -0.111. The molecule has 0 aliphatic heterocycles. The summed E-state index contributed by atoms with van der Waals surface area (Å²) < 4.78 is 10.4. The Bertz CT molecular complexity index is 788. The molecule has 0 spiro atoms. The molecule has 2 rings (SSSR count). The van der Waals surface area contributed by atoms with Crippen molar-refractivity contribution >= 4 is 40.9 Å². The number of methoxy groups -OCH3 is 2. The highest BCUT2D eigenvalue weighted by Gasteiger charge is 2.10. The van der Waals surface area contributed by atoms with Gasteiger partial charge in [0.15, 0.2) is 11.5 Å². The van der Waals surface area contributed by atoms with E-state index in [1.165, 1.54) is 20.3 Å². The molecule has 0 aliphatic rings. The molecular formula is C18H17Cl2NO3. The van der Waals surface area contributed by atoms with Crippen LogP contribution >= 0.6 is 23.2 Å². The number of hydrogen-bond acceptors (Lipinski definition) is 3. The van der Waals surface area contributed by atoms with Gasteiger partial charge in [-0.15, -0.1) is 0 Å². The summed E-state index contributed by atoms with van der Waals surface area (Å²) in [5.74, 6) is 0.678. The van der Waals surface area contributed by atoms with Crippen molar-refractivity contribution in [3.8, 4) is 11.5 Å². The minimum atomic E-state index is -0.272. The molecule has 0 unspecified atom stereocenters. The first-order chi connectivity index (χ1) is 11.5. The minimum Gasteiger partial charge on any atom is -0.493 e. The molecule has 4 nitrogen and oxygen atoms in total. The first kappa shape index (κ1) is 18.2. The van der Waals surface area contributed by atoms with E-state index in [2.05, 4.69) is 5.32 Å². The number of ether oxygens (including phenoxy) is 2. The third-order valence-electron chi connectivity index (χ3n) is 3.41. The van der Waals surface area contributed by atoms with Crippen LogP contribution < -0.4 is 14.8 Å². The van der Waals surface area contributed by atoms with Crippen molar-refractivity contribution < 1.29 is 14.3 Å². The average molecular weight is 366 g/mol. The van der Waals surface area contributed by atoms with Gasteiger partial charge in [0.25, 0.3) is 0 Å². The van der Waals surface area contributed by atoms with Gasteiger partial charge in [0.1, 0.15) is 0 Å². The number of anilines is 1. The number of carbonyl (C=O) groups excluding carboxylic acids is 1. The van der Waals surface area contributed by atoms with Crippen LogP contribution in [0, 0.1) is 6.92 Å². The fourth-order valence-corrected chi connectivity index (χ4v) is 2.59. The first-order valence-electron chi connectivity index (χ1n) is 7.12. The molecule has 0 saturated carbocycles. The number of hydrogen-bond donors (Lipinski definition) is 1. The fraction of sp³-hybridized carbons (Fsp3) is 0.167. The second kappa shape index (κ2) is 8.08. The molecular weight excluding hydrogens is 349 g/mol. The summed E-state index contributed by atoms with van der Waals surface area (Å²) in [7, 11) is 3.04. The Morgan fingerprint density at radius 2 is 1.88 bits per heavy atom. The molecule has 2 aromatic carbocycles. The molecule has 0 aliphatic carbocycles. The van der Waals surface area contributed by atoms with Crippen LogP contribution in [0.5, 0.6) is 11.5 Å². The zero-order valence-corrected chi connectivity index (χ0v) is 15.0. The standard InChI is InChI=1S/C18H17Cl2NO3/c1-11-13(19)5-4-6-15(11)21-17(22)8-7-12-9-14(20)18(24-3)16(10-12)23-2/h4-10H,1-3H3,(H,21,22)/b8-7+. The molecule has 0 atom stereocenters. The van der Waals surface area contributed by atoms with E-state index >= 15 is 0 Å². The zero-order valence-electron chi connectivity index (χ0n) is 13.5.